The molecule has 14 saturated carbocycles. The molecule has 740 valence electrons. The van der Waals surface area contributed by atoms with Gasteiger partial charge in [-0.1, -0.05) is 325 Å². The lowest BCUT2D eigenvalue weighted by Gasteiger charge is -2.56. The summed E-state index contributed by atoms with van der Waals surface area (Å²) in [5.41, 5.74) is 36.9. The first-order valence-corrected chi connectivity index (χ1v) is 57.0. The fourth-order valence-corrected chi connectivity index (χ4v) is 32.3. The number of fused-ring (bicyclic) bond motifs is 4. The predicted molar refractivity (Wildman–Crippen MR) is 609 cm³/mol. The molecule has 0 aliphatic heterocycles. The van der Waals surface area contributed by atoms with Crippen LogP contribution in [0.2, 0.25) is 0 Å². The zero-order chi connectivity index (χ0) is 99.2. The Morgan fingerprint density at radius 3 is 0.711 bits per heavy atom. The number of hydrogen-bond donors (Lipinski definition) is 0. The largest absolute Gasteiger partial charge is 0.309 e. The molecule has 12 aromatic carbocycles. The molecule has 2 unspecified atom stereocenters. The quantitative estimate of drug-likeness (QED) is 0.0746. The molecule has 0 N–H and O–H groups in total. The van der Waals surface area contributed by atoms with Gasteiger partial charge in [-0.3, -0.25) is 0 Å². The third-order valence-corrected chi connectivity index (χ3v) is 39.0. The second kappa shape index (κ2) is 35.0. The van der Waals surface area contributed by atoms with E-state index < -0.39 is 0 Å². The molecule has 0 spiro atoms. The third kappa shape index (κ3) is 18.3. The first kappa shape index (κ1) is 96.2. The van der Waals surface area contributed by atoms with Crippen LogP contribution in [0.1, 0.15) is 392 Å². The van der Waals surface area contributed by atoms with E-state index in [-0.39, 0.29) is 43.3 Å². The monoisotopic (exact) mass is 1880 g/mol. The Balaban J connectivity index is 0.883. The molecule has 12 aromatic rings. The van der Waals surface area contributed by atoms with Crippen LogP contribution in [0.25, 0.3) is 77.2 Å². The Kier molecular flexibility index (Phi) is 23.7. The summed E-state index contributed by atoms with van der Waals surface area (Å²) in [6.45, 7) is 61.1. The summed E-state index contributed by atoms with van der Waals surface area (Å²) >= 11 is 0. The molecular weight excluding hydrogens is 1710 g/mol. The highest BCUT2D eigenvalue weighted by Gasteiger charge is 2.54. The van der Waals surface area contributed by atoms with E-state index in [0.29, 0.717) is 59.2 Å². The van der Waals surface area contributed by atoms with E-state index in [2.05, 4.69) is 401 Å². The van der Waals surface area contributed by atoms with Gasteiger partial charge in [-0.25, -0.2) is 0 Å². The first-order chi connectivity index (χ1) is 67.1. The minimum absolute atomic E-state index is 0.112. The molecule has 2 nitrogen and oxygen atoms in total. The van der Waals surface area contributed by atoms with Crippen LogP contribution in [-0.4, -0.2) is 0 Å². The van der Waals surface area contributed by atoms with Gasteiger partial charge in [0.05, 0.1) is 11.4 Å². The van der Waals surface area contributed by atoms with Gasteiger partial charge >= 0.3 is 0 Å². The van der Waals surface area contributed by atoms with E-state index in [1.54, 1.807) is 22.3 Å². The summed E-state index contributed by atoms with van der Waals surface area (Å²) in [5.74, 6) is 13.7. The summed E-state index contributed by atoms with van der Waals surface area (Å²) in [4.78, 5) is 5.96. The van der Waals surface area contributed by atoms with Crippen LogP contribution in [0.15, 0.2) is 218 Å². The van der Waals surface area contributed by atoms with Crippen molar-refractivity contribution in [2.24, 2.45) is 88.8 Å². The highest BCUT2D eigenvalue weighted by molar-refractivity contribution is 6.24. The molecule has 142 heavy (non-hydrogen) atoms. The second-order valence-corrected chi connectivity index (χ2v) is 58.1. The van der Waals surface area contributed by atoms with Crippen molar-refractivity contribution in [3.05, 3.63) is 285 Å². The maximum atomic E-state index is 2.98. The van der Waals surface area contributed by atoms with Crippen molar-refractivity contribution < 1.29 is 0 Å². The van der Waals surface area contributed by atoms with Gasteiger partial charge in [0.1, 0.15) is 0 Å². The van der Waals surface area contributed by atoms with Crippen LogP contribution in [0.3, 0.4) is 0 Å². The lowest BCUT2D eigenvalue weighted by molar-refractivity contribution is -0.00495. The van der Waals surface area contributed by atoms with Crippen molar-refractivity contribution in [3.63, 3.8) is 0 Å². The van der Waals surface area contributed by atoms with Gasteiger partial charge in [-0.15, -0.1) is 0 Å². The molecule has 14 fully saturated rings. The molecule has 14 bridgehead atoms. The van der Waals surface area contributed by atoms with Gasteiger partial charge in [0.15, 0.2) is 0 Å². The standard InChI is InChI=1S/C140H170N2/c1-82-37-83-39-84(38-82)44-93(43-83)98-59-109(128-103-45-85-40-86(47-103)48-104(128)46-85)74-122(73-98)142(121-71-96(101-65-116(137(14,15)16)80-117(66-101)138(17,18)19)58-97(72-121)102-67-118(139(20,21)22)81-119(68-102)140(23,24)25)132-125-34-30-29-33-124(125)131(126-36-35-92(77-127(126)132)91-31-27-26-28-32-91)141(123-75-110(129-105-49-87-41-88(51-105)52-106(129)50-87)60-111(76-123)130-107-53-89-42-90(55-107)56-108(130)54-89)120-69-94(99-61-112(133(2,3)4)78-113(62-99)134(5,6)7)57-95(70-120)100-63-114(135(8,9)10)79-115(64-100)136(11,12)13/h26-36,57-90,93,103-108,128-130H,37-56H2,1-25H3. The lowest BCUT2D eigenvalue weighted by Crippen LogP contribution is -2.44. The fourth-order valence-electron chi connectivity index (χ4n) is 32.3. The molecule has 2 atom stereocenters. The van der Waals surface area contributed by atoms with E-state index in [1.165, 1.54) is 284 Å². The summed E-state index contributed by atoms with van der Waals surface area (Å²) in [5, 5.41) is 5.11. The molecule has 0 amide bonds. The van der Waals surface area contributed by atoms with Crippen LogP contribution < -0.4 is 9.80 Å². The molecule has 26 rings (SSSR count). The zero-order valence-electron chi connectivity index (χ0n) is 91.8. The molecule has 0 radical (unpaired) electrons. The molecule has 14 aliphatic rings. The minimum Gasteiger partial charge on any atom is -0.309 e. The normalized spacial score (nSPS) is 27.4. The predicted octanol–water partition coefficient (Wildman–Crippen LogP) is 40.2. The number of hydrogen-bond acceptors (Lipinski definition) is 2. The summed E-state index contributed by atoms with van der Waals surface area (Å²) < 4.78 is 0. The fraction of sp³-hybridized carbons (Fsp3) is 0.514. The Bertz CT molecular complexity index is 6390. The van der Waals surface area contributed by atoms with Gasteiger partial charge in [-0.05, 0) is 473 Å². The van der Waals surface area contributed by atoms with Gasteiger partial charge in [0.25, 0.3) is 0 Å². The van der Waals surface area contributed by atoms with Crippen molar-refractivity contribution >= 4 is 55.7 Å². The molecule has 0 aromatic heterocycles. The number of rotatable bonds is 15. The van der Waals surface area contributed by atoms with Crippen molar-refractivity contribution in [3.8, 4) is 55.6 Å². The Labute approximate surface area is 857 Å². The maximum Gasteiger partial charge on any atom is 0.0620 e. The minimum atomic E-state index is -0.115. The average Bonchev–Trinajstić information content (AvgIpc) is 0.682. The van der Waals surface area contributed by atoms with E-state index >= 15 is 0 Å². The van der Waals surface area contributed by atoms with Crippen LogP contribution >= 0.6 is 0 Å². The Morgan fingerprint density at radius 1 is 0.183 bits per heavy atom. The second-order valence-electron chi connectivity index (χ2n) is 58.1. The SMILES string of the molecule is CC1CC2CC(C1)CC(c1cc(C3C4CC5CC(C4)CC3C5)cc(N(c3cc(-c4cc(C(C)(C)C)cc(C(C)(C)C)c4)cc(-c4cc(C(C)(C)C)cc(C(C)(C)C)c4)c3)c3c4ccccc4c(N(c4cc(-c5cc(C(C)(C)C)cc(C(C)(C)C)c5)cc(-c5cc(C(C)(C)C)cc(C(C)(C)C)c5)c4)c4cc(C5C6CC7CC(C6)CC5C7)cc(C5C6CC7CC(C6)CC5C7)c4)c4ccc(-c5ccccc5)cc34)c1)C2. The van der Waals surface area contributed by atoms with Crippen LogP contribution in [-0.2, 0) is 43.3 Å². The number of benzene rings is 12. The van der Waals surface area contributed by atoms with Crippen LogP contribution in [0.5, 0.6) is 0 Å². The Hall–Kier alpha value is -9.24. The first-order valence-electron chi connectivity index (χ1n) is 57.0. The molecule has 14 aliphatic carbocycles. The van der Waals surface area contributed by atoms with Gasteiger partial charge in [0.2, 0.25) is 0 Å². The van der Waals surface area contributed by atoms with Gasteiger partial charge in [-0.2, -0.15) is 0 Å². The molecule has 0 heterocycles. The molecule has 2 heteroatoms. The maximum absolute atomic E-state index is 2.98. The molecular formula is C140H170N2. The van der Waals surface area contributed by atoms with Crippen molar-refractivity contribution in [1.29, 1.82) is 0 Å². The number of nitrogens with zero attached hydrogens (tertiary/aromatic N) is 2. The smallest absolute Gasteiger partial charge is 0.0620 e. The zero-order valence-corrected chi connectivity index (χ0v) is 91.8. The van der Waals surface area contributed by atoms with Crippen molar-refractivity contribution in [2.75, 3.05) is 9.80 Å². The van der Waals surface area contributed by atoms with Crippen molar-refractivity contribution in [2.45, 2.75) is 369 Å². The van der Waals surface area contributed by atoms with E-state index in [1.807, 2.05) is 0 Å². The van der Waals surface area contributed by atoms with Gasteiger partial charge in [0, 0.05) is 44.3 Å². The third-order valence-electron chi connectivity index (χ3n) is 39.0. The summed E-state index contributed by atoms with van der Waals surface area (Å²) in [6.07, 6.45) is 27.6. The highest BCUT2D eigenvalue weighted by Crippen LogP contribution is 2.67. The van der Waals surface area contributed by atoms with Crippen molar-refractivity contribution in [1.82, 2.24) is 0 Å². The lowest BCUT2D eigenvalue weighted by atomic mass is 9.49. The highest BCUT2D eigenvalue weighted by atomic mass is 15.2. The summed E-state index contributed by atoms with van der Waals surface area (Å²) in [7, 11) is 0. The van der Waals surface area contributed by atoms with Crippen LogP contribution in [0.4, 0.5) is 34.1 Å². The summed E-state index contributed by atoms with van der Waals surface area (Å²) in [6, 6.07) is 94.2. The van der Waals surface area contributed by atoms with E-state index in [9.17, 15) is 0 Å². The van der Waals surface area contributed by atoms with Gasteiger partial charge < -0.3 is 9.80 Å². The topological polar surface area (TPSA) is 6.48 Å². The van der Waals surface area contributed by atoms with E-state index in [4.69, 9.17) is 0 Å². The average molecular weight is 1880 g/mol. The Morgan fingerprint density at radius 2 is 0.423 bits per heavy atom. The molecule has 0 saturated heterocycles. The van der Waals surface area contributed by atoms with E-state index in [0.717, 1.165) is 53.3 Å². The number of anilines is 6. The van der Waals surface area contributed by atoms with Crippen LogP contribution in [0, 0.1) is 88.8 Å².